The molecule has 39 heavy (non-hydrogen) atoms. The number of rotatable bonds is 8. The summed E-state index contributed by atoms with van der Waals surface area (Å²) in [5, 5.41) is 6.68. The maximum atomic E-state index is 14.0. The molecular weight excluding hydrogens is 499 g/mol. The first kappa shape index (κ1) is 27.6. The van der Waals surface area contributed by atoms with Crippen LogP contribution in [0.1, 0.15) is 50.6 Å². The van der Waals surface area contributed by atoms with E-state index in [1.54, 1.807) is 39.0 Å². The number of esters is 1. The Morgan fingerprint density at radius 1 is 0.974 bits per heavy atom. The normalized spacial score (nSPS) is 12.1. The van der Waals surface area contributed by atoms with E-state index in [-0.39, 0.29) is 11.5 Å². The molecule has 0 spiro atoms. The number of aromatic nitrogens is 1. The molecule has 202 valence electrons. The van der Waals surface area contributed by atoms with E-state index in [0.29, 0.717) is 29.3 Å². The van der Waals surface area contributed by atoms with Crippen LogP contribution in [0.25, 0.3) is 22.5 Å². The zero-order valence-corrected chi connectivity index (χ0v) is 22.6. The summed E-state index contributed by atoms with van der Waals surface area (Å²) in [5.74, 6) is -0.336. The second-order valence-corrected chi connectivity index (χ2v) is 9.67. The highest BCUT2D eigenvalue weighted by molar-refractivity contribution is 5.91. The van der Waals surface area contributed by atoms with Gasteiger partial charge in [-0.25, -0.2) is 9.18 Å². The molecular formula is C31H31FN2O5. The number of anilines is 1. The predicted molar refractivity (Wildman–Crippen MR) is 147 cm³/mol. The summed E-state index contributed by atoms with van der Waals surface area (Å²) in [6.07, 6.45) is -1.54. The van der Waals surface area contributed by atoms with Gasteiger partial charge in [-0.2, -0.15) is 0 Å². The highest BCUT2D eigenvalue weighted by atomic mass is 19.1. The number of benzene rings is 3. The molecule has 0 saturated carbocycles. The van der Waals surface area contributed by atoms with Crippen LogP contribution in [0.5, 0.6) is 0 Å². The minimum absolute atomic E-state index is 0.264. The van der Waals surface area contributed by atoms with Crippen molar-refractivity contribution in [1.29, 1.82) is 0 Å². The second-order valence-electron chi connectivity index (χ2n) is 9.67. The third kappa shape index (κ3) is 6.00. The number of nitrogens with one attached hydrogen (secondary N) is 1. The van der Waals surface area contributed by atoms with Gasteiger partial charge in [-0.05, 0) is 57.4 Å². The smallest absolute Gasteiger partial charge is 0.412 e. The van der Waals surface area contributed by atoms with E-state index in [1.807, 2.05) is 62.4 Å². The van der Waals surface area contributed by atoms with Gasteiger partial charge in [0.2, 0.25) is 0 Å². The van der Waals surface area contributed by atoms with E-state index < -0.39 is 23.4 Å². The lowest BCUT2D eigenvalue weighted by Gasteiger charge is -2.23. The van der Waals surface area contributed by atoms with Gasteiger partial charge >= 0.3 is 12.1 Å². The molecule has 1 aromatic heterocycles. The van der Waals surface area contributed by atoms with Crippen LogP contribution >= 0.6 is 0 Å². The van der Waals surface area contributed by atoms with Crippen molar-refractivity contribution in [2.45, 2.75) is 46.1 Å². The van der Waals surface area contributed by atoms with Crippen molar-refractivity contribution in [3.05, 3.63) is 95.4 Å². The van der Waals surface area contributed by atoms with Crippen molar-refractivity contribution in [3.63, 3.8) is 0 Å². The standard InChI is InChI=1S/C31H31FN2O5/c1-6-37-29(35)31(4,5)24-17-15-22(16-18-24)21-11-13-23(14-12-21)28-27(19(2)34-39-28)33-30(36)38-20(3)25-9-7-8-10-26(25)32/h7-18,20H,6H2,1-5H3,(H,33,36)/t20-/m1/s1. The maximum absolute atomic E-state index is 14.0. The van der Waals surface area contributed by atoms with Crippen molar-refractivity contribution < 1.29 is 28.0 Å². The Balaban J connectivity index is 1.48. The van der Waals surface area contributed by atoms with E-state index in [1.165, 1.54) is 6.07 Å². The number of hydrogen-bond acceptors (Lipinski definition) is 6. The number of aryl methyl sites for hydroxylation is 1. The molecule has 0 aliphatic heterocycles. The van der Waals surface area contributed by atoms with Gasteiger partial charge in [0, 0.05) is 11.1 Å². The fourth-order valence-corrected chi connectivity index (χ4v) is 4.20. The molecule has 0 saturated heterocycles. The van der Waals surface area contributed by atoms with Gasteiger partial charge in [0.25, 0.3) is 0 Å². The van der Waals surface area contributed by atoms with Crippen molar-refractivity contribution in [1.82, 2.24) is 5.16 Å². The molecule has 1 heterocycles. The van der Waals surface area contributed by atoms with Crippen molar-refractivity contribution in [3.8, 4) is 22.5 Å². The van der Waals surface area contributed by atoms with Gasteiger partial charge in [0.05, 0.1) is 12.0 Å². The average molecular weight is 531 g/mol. The Bertz CT molecular complexity index is 1460. The number of nitrogens with zero attached hydrogens (tertiary/aromatic N) is 1. The van der Waals surface area contributed by atoms with Gasteiger partial charge in [-0.3, -0.25) is 10.1 Å². The number of ether oxygens (including phenoxy) is 2. The number of amides is 1. The summed E-state index contributed by atoms with van der Waals surface area (Å²) in [6.45, 7) is 9.12. The predicted octanol–water partition coefficient (Wildman–Crippen LogP) is 7.61. The quantitative estimate of drug-likeness (QED) is 0.236. The third-order valence-corrected chi connectivity index (χ3v) is 6.59. The monoisotopic (exact) mass is 530 g/mol. The second kappa shape index (κ2) is 11.5. The summed E-state index contributed by atoms with van der Waals surface area (Å²) >= 11 is 0. The fourth-order valence-electron chi connectivity index (χ4n) is 4.20. The number of carbonyl (C=O) groups is 2. The lowest BCUT2D eigenvalue weighted by Crippen LogP contribution is -2.31. The van der Waals surface area contributed by atoms with Gasteiger partial charge in [-0.15, -0.1) is 0 Å². The summed E-state index contributed by atoms with van der Waals surface area (Å²) in [7, 11) is 0. The van der Waals surface area contributed by atoms with Crippen LogP contribution in [0.15, 0.2) is 77.3 Å². The minimum atomic E-state index is -0.789. The molecule has 0 unspecified atom stereocenters. The van der Waals surface area contributed by atoms with Crippen LogP contribution in [0.3, 0.4) is 0 Å². The van der Waals surface area contributed by atoms with Crippen molar-refractivity contribution in [2.24, 2.45) is 0 Å². The van der Waals surface area contributed by atoms with Crippen LogP contribution in [-0.2, 0) is 19.7 Å². The van der Waals surface area contributed by atoms with E-state index in [9.17, 15) is 14.0 Å². The molecule has 0 aliphatic rings. The number of carbonyl (C=O) groups excluding carboxylic acids is 2. The maximum Gasteiger partial charge on any atom is 0.412 e. The molecule has 0 radical (unpaired) electrons. The lowest BCUT2D eigenvalue weighted by molar-refractivity contribution is -0.148. The summed E-state index contributed by atoms with van der Waals surface area (Å²) in [4.78, 5) is 24.9. The number of hydrogen-bond donors (Lipinski definition) is 1. The van der Waals surface area contributed by atoms with Crippen LogP contribution in [0.4, 0.5) is 14.9 Å². The van der Waals surface area contributed by atoms with Gasteiger partial charge in [0.1, 0.15) is 23.3 Å². The summed E-state index contributed by atoms with van der Waals surface area (Å²) in [5.41, 5.74) is 3.89. The minimum Gasteiger partial charge on any atom is -0.465 e. The van der Waals surface area contributed by atoms with Crippen molar-refractivity contribution >= 4 is 17.7 Å². The number of halogens is 1. The zero-order chi connectivity index (χ0) is 28.2. The van der Waals surface area contributed by atoms with Crippen molar-refractivity contribution in [2.75, 3.05) is 11.9 Å². The lowest BCUT2D eigenvalue weighted by atomic mass is 9.84. The molecule has 1 N–H and O–H groups in total. The Morgan fingerprint density at radius 2 is 1.56 bits per heavy atom. The van der Waals surface area contributed by atoms with Crippen LogP contribution in [0, 0.1) is 12.7 Å². The fraction of sp³-hybridized carbons (Fsp3) is 0.258. The largest absolute Gasteiger partial charge is 0.465 e. The van der Waals surface area contributed by atoms with E-state index in [4.69, 9.17) is 14.0 Å². The third-order valence-electron chi connectivity index (χ3n) is 6.59. The Labute approximate surface area is 226 Å². The molecule has 4 aromatic rings. The van der Waals surface area contributed by atoms with Crippen LogP contribution in [-0.4, -0.2) is 23.8 Å². The molecule has 0 bridgehead atoms. The summed E-state index contributed by atoms with van der Waals surface area (Å²) in [6, 6.07) is 21.5. The van der Waals surface area contributed by atoms with E-state index in [2.05, 4.69) is 10.5 Å². The topological polar surface area (TPSA) is 90.7 Å². The molecule has 0 aliphatic carbocycles. The SMILES string of the molecule is CCOC(=O)C(C)(C)c1ccc(-c2ccc(-c3onc(C)c3NC(=O)O[C@H](C)c3ccccc3F)cc2)cc1. The molecule has 1 amide bonds. The van der Waals surface area contributed by atoms with Gasteiger partial charge in [0.15, 0.2) is 5.76 Å². The van der Waals surface area contributed by atoms with Crippen LogP contribution in [0.2, 0.25) is 0 Å². The Kier molecular flexibility index (Phi) is 8.14. The molecule has 0 fully saturated rings. The highest BCUT2D eigenvalue weighted by Crippen LogP contribution is 2.34. The summed E-state index contributed by atoms with van der Waals surface area (Å²) < 4.78 is 30.2. The average Bonchev–Trinajstić information content (AvgIpc) is 3.28. The first-order valence-corrected chi connectivity index (χ1v) is 12.7. The van der Waals surface area contributed by atoms with Gasteiger partial charge < -0.3 is 14.0 Å². The first-order valence-electron chi connectivity index (χ1n) is 12.7. The van der Waals surface area contributed by atoms with E-state index >= 15 is 0 Å². The molecule has 3 aromatic carbocycles. The zero-order valence-electron chi connectivity index (χ0n) is 22.6. The molecule has 4 rings (SSSR count). The first-order chi connectivity index (χ1) is 18.6. The highest BCUT2D eigenvalue weighted by Gasteiger charge is 2.31. The molecule has 8 heteroatoms. The Hall–Kier alpha value is -4.46. The van der Waals surface area contributed by atoms with E-state index in [0.717, 1.165) is 16.7 Å². The Morgan fingerprint density at radius 3 is 2.18 bits per heavy atom. The molecule has 7 nitrogen and oxygen atoms in total. The van der Waals surface area contributed by atoms with Crippen LogP contribution < -0.4 is 5.32 Å². The molecule has 1 atom stereocenters. The van der Waals surface area contributed by atoms with Gasteiger partial charge in [-0.1, -0.05) is 71.9 Å².